The summed E-state index contributed by atoms with van der Waals surface area (Å²) >= 11 is 0. The molecular weight excluding hydrogens is 318 g/mol. The second-order valence-electron chi connectivity index (χ2n) is 5.60. The third kappa shape index (κ3) is 5.41. The maximum atomic E-state index is 12.0. The van der Waals surface area contributed by atoms with Gasteiger partial charge in [-0.25, -0.2) is 0 Å². The van der Waals surface area contributed by atoms with Gasteiger partial charge in [-0.05, 0) is 42.2 Å². The number of benzene rings is 2. The monoisotopic (exact) mass is 343 g/mol. The van der Waals surface area contributed by atoms with Crippen molar-refractivity contribution in [3.8, 4) is 17.2 Å². The molecule has 0 aliphatic heterocycles. The molecule has 0 unspecified atom stereocenters. The number of ether oxygens (including phenoxy) is 3. The molecule has 0 radical (unpaired) electrons. The Kier molecular flexibility index (Phi) is 7.14. The van der Waals surface area contributed by atoms with E-state index in [0.29, 0.717) is 30.9 Å². The molecule has 1 amide bonds. The molecular formula is C20H25NO4. The maximum absolute atomic E-state index is 12.0. The molecule has 0 heterocycles. The molecule has 0 spiro atoms. The van der Waals surface area contributed by atoms with Crippen LogP contribution in [0.4, 0.5) is 0 Å². The van der Waals surface area contributed by atoms with Gasteiger partial charge in [0, 0.05) is 13.0 Å². The highest BCUT2D eigenvalue weighted by Crippen LogP contribution is 2.27. The van der Waals surface area contributed by atoms with Crippen molar-refractivity contribution < 1.29 is 19.0 Å². The Morgan fingerprint density at radius 2 is 1.60 bits per heavy atom. The van der Waals surface area contributed by atoms with Crippen molar-refractivity contribution in [3.05, 3.63) is 53.6 Å². The average molecular weight is 343 g/mol. The van der Waals surface area contributed by atoms with E-state index in [-0.39, 0.29) is 5.91 Å². The quantitative estimate of drug-likeness (QED) is 0.760. The highest BCUT2D eigenvalue weighted by atomic mass is 16.5. The fraction of sp³-hybridized carbons (Fsp3) is 0.350. The summed E-state index contributed by atoms with van der Waals surface area (Å²) in [5.41, 5.74) is 2.13. The number of methoxy groups -OCH3 is 3. The lowest BCUT2D eigenvalue weighted by Crippen LogP contribution is -2.25. The molecule has 134 valence electrons. The number of rotatable bonds is 9. The summed E-state index contributed by atoms with van der Waals surface area (Å²) in [6.45, 7) is 0.584. The van der Waals surface area contributed by atoms with Gasteiger partial charge < -0.3 is 19.5 Å². The minimum Gasteiger partial charge on any atom is -0.496 e. The van der Waals surface area contributed by atoms with Gasteiger partial charge in [0.25, 0.3) is 0 Å². The molecule has 2 aromatic rings. The van der Waals surface area contributed by atoms with Crippen LogP contribution in [0.1, 0.15) is 17.5 Å². The summed E-state index contributed by atoms with van der Waals surface area (Å²) in [4.78, 5) is 12.0. The van der Waals surface area contributed by atoms with Crippen LogP contribution in [0.2, 0.25) is 0 Å². The number of carbonyl (C=O) groups is 1. The Bertz CT molecular complexity index is 700. The largest absolute Gasteiger partial charge is 0.496 e. The molecule has 0 saturated carbocycles. The van der Waals surface area contributed by atoms with Crippen molar-refractivity contribution in [1.29, 1.82) is 0 Å². The molecule has 2 rings (SSSR count). The standard InChI is InChI=1S/C20H25NO4/c1-23-17-7-5-4-6-16(17)9-11-20(22)21-13-12-15-8-10-18(24-2)19(14-15)25-3/h4-8,10,14H,9,11-13H2,1-3H3,(H,21,22). The first-order valence-corrected chi connectivity index (χ1v) is 8.27. The second-order valence-corrected chi connectivity index (χ2v) is 5.60. The van der Waals surface area contributed by atoms with E-state index in [4.69, 9.17) is 14.2 Å². The van der Waals surface area contributed by atoms with Crippen molar-refractivity contribution in [3.63, 3.8) is 0 Å². The van der Waals surface area contributed by atoms with E-state index in [1.165, 1.54) is 0 Å². The predicted octanol–water partition coefficient (Wildman–Crippen LogP) is 3.00. The molecule has 5 nitrogen and oxygen atoms in total. The lowest BCUT2D eigenvalue weighted by atomic mass is 10.1. The highest BCUT2D eigenvalue weighted by molar-refractivity contribution is 5.76. The predicted molar refractivity (Wildman–Crippen MR) is 97.6 cm³/mol. The lowest BCUT2D eigenvalue weighted by Gasteiger charge is -2.10. The second kappa shape index (κ2) is 9.57. The maximum Gasteiger partial charge on any atom is 0.220 e. The van der Waals surface area contributed by atoms with Gasteiger partial charge in [0.1, 0.15) is 5.75 Å². The Labute approximate surface area is 148 Å². The minimum absolute atomic E-state index is 0.0337. The third-order valence-electron chi connectivity index (χ3n) is 4.00. The molecule has 0 aromatic heterocycles. The zero-order valence-corrected chi connectivity index (χ0v) is 15.0. The van der Waals surface area contributed by atoms with Gasteiger partial charge in [0.05, 0.1) is 21.3 Å². The average Bonchev–Trinajstić information content (AvgIpc) is 2.66. The summed E-state index contributed by atoms with van der Waals surface area (Å²) in [7, 11) is 4.86. The van der Waals surface area contributed by atoms with E-state index in [1.54, 1.807) is 21.3 Å². The fourth-order valence-corrected chi connectivity index (χ4v) is 2.63. The Hall–Kier alpha value is -2.69. The number of para-hydroxylation sites is 1. The van der Waals surface area contributed by atoms with Crippen LogP contribution < -0.4 is 19.5 Å². The van der Waals surface area contributed by atoms with Gasteiger partial charge >= 0.3 is 0 Å². The number of aryl methyl sites for hydroxylation is 1. The van der Waals surface area contributed by atoms with Gasteiger partial charge in [-0.1, -0.05) is 24.3 Å². The van der Waals surface area contributed by atoms with Crippen LogP contribution in [0.3, 0.4) is 0 Å². The zero-order chi connectivity index (χ0) is 18.1. The van der Waals surface area contributed by atoms with Crippen LogP contribution in [0.5, 0.6) is 17.2 Å². The third-order valence-corrected chi connectivity index (χ3v) is 4.00. The van der Waals surface area contributed by atoms with Crippen LogP contribution in [0.25, 0.3) is 0 Å². The topological polar surface area (TPSA) is 56.8 Å². The summed E-state index contributed by atoms with van der Waals surface area (Å²) in [6.07, 6.45) is 1.83. The van der Waals surface area contributed by atoms with Gasteiger partial charge in [-0.15, -0.1) is 0 Å². The highest BCUT2D eigenvalue weighted by Gasteiger charge is 2.07. The van der Waals surface area contributed by atoms with E-state index in [2.05, 4.69) is 5.32 Å². The molecule has 25 heavy (non-hydrogen) atoms. The number of nitrogens with one attached hydrogen (secondary N) is 1. The summed E-state index contributed by atoms with van der Waals surface area (Å²) < 4.78 is 15.8. The van der Waals surface area contributed by atoms with Crippen molar-refractivity contribution >= 4 is 5.91 Å². The lowest BCUT2D eigenvalue weighted by molar-refractivity contribution is -0.121. The first-order valence-electron chi connectivity index (χ1n) is 8.27. The minimum atomic E-state index is 0.0337. The van der Waals surface area contributed by atoms with Crippen LogP contribution in [0, 0.1) is 0 Å². The van der Waals surface area contributed by atoms with E-state index in [1.807, 2.05) is 42.5 Å². The molecule has 0 aliphatic rings. The van der Waals surface area contributed by atoms with Crippen molar-refractivity contribution in [2.75, 3.05) is 27.9 Å². The van der Waals surface area contributed by atoms with E-state index >= 15 is 0 Å². The van der Waals surface area contributed by atoms with Crippen molar-refractivity contribution in [1.82, 2.24) is 5.32 Å². The van der Waals surface area contributed by atoms with Crippen molar-refractivity contribution in [2.45, 2.75) is 19.3 Å². The molecule has 0 atom stereocenters. The number of amides is 1. The number of hydrogen-bond acceptors (Lipinski definition) is 4. The van der Waals surface area contributed by atoms with Gasteiger partial charge in [-0.3, -0.25) is 4.79 Å². The smallest absolute Gasteiger partial charge is 0.220 e. The number of carbonyl (C=O) groups excluding carboxylic acids is 1. The van der Waals surface area contributed by atoms with Crippen LogP contribution in [-0.4, -0.2) is 33.8 Å². The van der Waals surface area contributed by atoms with Gasteiger partial charge in [0.2, 0.25) is 5.91 Å². The van der Waals surface area contributed by atoms with E-state index in [0.717, 1.165) is 23.3 Å². The normalized spacial score (nSPS) is 10.2. The molecule has 0 fully saturated rings. The van der Waals surface area contributed by atoms with Crippen molar-refractivity contribution in [2.24, 2.45) is 0 Å². The summed E-state index contributed by atoms with van der Waals surface area (Å²) in [6, 6.07) is 13.5. The molecule has 0 saturated heterocycles. The fourth-order valence-electron chi connectivity index (χ4n) is 2.63. The Morgan fingerprint density at radius 1 is 0.880 bits per heavy atom. The van der Waals surface area contributed by atoms with E-state index < -0.39 is 0 Å². The molecule has 1 N–H and O–H groups in total. The zero-order valence-electron chi connectivity index (χ0n) is 15.0. The Balaban J connectivity index is 1.79. The van der Waals surface area contributed by atoms with Crippen LogP contribution in [0.15, 0.2) is 42.5 Å². The van der Waals surface area contributed by atoms with E-state index in [9.17, 15) is 4.79 Å². The van der Waals surface area contributed by atoms with Gasteiger partial charge in [0.15, 0.2) is 11.5 Å². The summed E-state index contributed by atoms with van der Waals surface area (Å²) in [5, 5.41) is 2.95. The number of hydrogen-bond donors (Lipinski definition) is 1. The summed E-state index contributed by atoms with van der Waals surface area (Å²) in [5.74, 6) is 2.25. The van der Waals surface area contributed by atoms with Crippen LogP contribution in [-0.2, 0) is 17.6 Å². The molecule has 0 aliphatic carbocycles. The first-order chi connectivity index (χ1) is 12.2. The first kappa shape index (κ1) is 18.6. The molecule has 5 heteroatoms. The molecule has 2 aromatic carbocycles. The van der Waals surface area contributed by atoms with Crippen LogP contribution >= 0.6 is 0 Å². The SMILES string of the molecule is COc1ccccc1CCC(=O)NCCc1ccc(OC)c(OC)c1. The molecule has 0 bridgehead atoms. The Morgan fingerprint density at radius 3 is 2.32 bits per heavy atom. The van der Waals surface area contributed by atoms with Gasteiger partial charge in [-0.2, -0.15) is 0 Å².